The molecule has 0 aromatic carbocycles. The maximum atomic E-state index is 5.32. The topological polar surface area (TPSA) is 38.1 Å². The van der Waals surface area contributed by atoms with Gasteiger partial charge in [-0.25, -0.2) is 0 Å². The highest BCUT2D eigenvalue weighted by Gasteiger charge is 2.31. The molecule has 2 unspecified atom stereocenters. The molecule has 2 atom stereocenters. The number of piperidine rings is 1. The van der Waals surface area contributed by atoms with Gasteiger partial charge in [-0.3, -0.25) is 0 Å². The standard InChI is InChI=1S/C12H16N2O/c1-8-4-12(15-14-8)10-5-9-2-3-13-7-11(9)6-10/h4-5,9,11,13H,2-3,6-7H2,1H3. The van der Waals surface area contributed by atoms with Crippen molar-refractivity contribution < 1.29 is 4.52 Å². The summed E-state index contributed by atoms with van der Waals surface area (Å²) < 4.78 is 5.32. The third kappa shape index (κ3) is 1.61. The lowest BCUT2D eigenvalue weighted by Gasteiger charge is -2.25. The number of nitrogens with zero attached hydrogens (tertiary/aromatic N) is 1. The molecule has 0 radical (unpaired) electrons. The Kier molecular flexibility index (Phi) is 2.13. The molecule has 1 saturated heterocycles. The molecule has 1 aromatic rings. The lowest BCUT2D eigenvalue weighted by atomic mass is 9.89. The van der Waals surface area contributed by atoms with Crippen LogP contribution in [0.1, 0.15) is 24.3 Å². The second-order valence-electron chi connectivity index (χ2n) is 4.65. The summed E-state index contributed by atoms with van der Waals surface area (Å²) >= 11 is 0. The van der Waals surface area contributed by atoms with E-state index < -0.39 is 0 Å². The Morgan fingerprint density at radius 1 is 1.53 bits per heavy atom. The van der Waals surface area contributed by atoms with Crippen LogP contribution in [0.2, 0.25) is 0 Å². The van der Waals surface area contributed by atoms with E-state index >= 15 is 0 Å². The number of allylic oxidation sites excluding steroid dienone is 2. The number of hydrogen-bond donors (Lipinski definition) is 1. The van der Waals surface area contributed by atoms with Gasteiger partial charge in [0.15, 0.2) is 5.76 Å². The van der Waals surface area contributed by atoms with Crippen molar-refractivity contribution in [1.82, 2.24) is 10.5 Å². The van der Waals surface area contributed by atoms with Crippen LogP contribution in [0.3, 0.4) is 0 Å². The van der Waals surface area contributed by atoms with Gasteiger partial charge >= 0.3 is 0 Å². The summed E-state index contributed by atoms with van der Waals surface area (Å²) in [6, 6.07) is 2.04. The monoisotopic (exact) mass is 204 g/mol. The highest BCUT2D eigenvalue weighted by Crippen LogP contribution is 2.39. The van der Waals surface area contributed by atoms with Crippen molar-refractivity contribution in [3.05, 3.63) is 23.6 Å². The van der Waals surface area contributed by atoms with E-state index in [-0.39, 0.29) is 0 Å². The Morgan fingerprint density at radius 3 is 3.20 bits per heavy atom. The molecule has 3 heteroatoms. The summed E-state index contributed by atoms with van der Waals surface area (Å²) in [5.74, 6) is 2.51. The molecule has 1 aliphatic carbocycles. The van der Waals surface area contributed by atoms with Gasteiger partial charge in [0.25, 0.3) is 0 Å². The Bertz CT molecular complexity index is 394. The van der Waals surface area contributed by atoms with E-state index in [0.717, 1.165) is 42.8 Å². The molecule has 0 amide bonds. The van der Waals surface area contributed by atoms with E-state index in [1.54, 1.807) is 0 Å². The summed E-state index contributed by atoms with van der Waals surface area (Å²) in [6.45, 7) is 4.27. The molecule has 3 nitrogen and oxygen atoms in total. The normalized spacial score (nSPS) is 30.1. The van der Waals surface area contributed by atoms with Crippen LogP contribution in [0.4, 0.5) is 0 Å². The van der Waals surface area contributed by atoms with Crippen LogP contribution in [0, 0.1) is 18.8 Å². The Morgan fingerprint density at radius 2 is 2.47 bits per heavy atom. The van der Waals surface area contributed by atoms with Crippen molar-refractivity contribution >= 4 is 5.57 Å². The minimum Gasteiger partial charge on any atom is -0.356 e. The van der Waals surface area contributed by atoms with Crippen molar-refractivity contribution in [2.45, 2.75) is 19.8 Å². The van der Waals surface area contributed by atoms with E-state index in [1.807, 2.05) is 13.0 Å². The molecule has 3 rings (SSSR count). The second-order valence-corrected chi connectivity index (χ2v) is 4.65. The third-order valence-corrected chi connectivity index (χ3v) is 3.51. The van der Waals surface area contributed by atoms with Gasteiger partial charge in [-0.2, -0.15) is 0 Å². The quantitative estimate of drug-likeness (QED) is 0.760. The first-order valence-electron chi connectivity index (χ1n) is 5.68. The van der Waals surface area contributed by atoms with E-state index in [4.69, 9.17) is 4.52 Å². The van der Waals surface area contributed by atoms with Gasteiger partial charge in [-0.1, -0.05) is 11.2 Å². The number of fused-ring (bicyclic) bond motifs is 1. The Balaban J connectivity index is 1.83. The van der Waals surface area contributed by atoms with Crippen LogP contribution >= 0.6 is 0 Å². The van der Waals surface area contributed by atoms with E-state index in [0.29, 0.717) is 0 Å². The van der Waals surface area contributed by atoms with Crippen LogP contribution in [-0.2, 0) is 0 Å². The molecule has 0 bridgehead atoms. The summed E-state index contributed by atoms with van der Waals surface area (Å²) in [4.78, 5) is 0. The van der Waals surface area contributed by atoms with Gasteiger partial charge in [0, 0.05) is 6.07 Å². The largest absolute Gasteiger partial charge is 0.356 e. The number of nitrogens with one attached hydrogen (secondary N) is 1. The molecule has 1 aromatic heterocycles. The number of hydrogen-bond acceptors (Lipinski definition) is 3. The molecule has 0 saturated carbocycles. The molecule has 2 aliphatic rings. The second kappa shape index (κ2) is 3.49. The zero-order valence-electron chi connectivity index (χ0n) is 8.99. The van der Waals surface area contributed by atoms with Gasteiger partial charge in [0.2, 0.25) is 0 Å². The van der Waals surface area contributed by atoms with E-state index in [1.165, 1.54) is 12.0 Å². The Labute approximate surface area is 89.5 Å². The highest BCUT2D eigenvalue weighted by atomic mass is 16.5. The average Bonchev–Trinajstić information content (AvgIpc) is 2.82. The van der Waals surface area contributed by atoms with Crippen molar-refractivity contribution in [3.8, 4) is 0 Å². The third-order valence-electron chi connectivity index (χ3n) is 3.51. The van der Waals surface area contributed by atoms with Crippen LogP contribution < -0.4 is 5.32 Å². The summed E-state index contributed by atoms with van der Waals surface area (Å²) in [7, 11) is 0. The maximum Gasteiger partial charge on any atom is 0.162 e. The maximum absolute atomic E-state index is 5.32. The molecule has 1 aliphatic heterocycles. The molecule has 80 valence electrons. The number of aromatic nitrogens is 1. The van der Waals surface area contributed by atoms with Gasteiger partial charge in [-0.15, -0.1) is 0 Å². The first kappa shape index (κ1) is 9.16. The van der Waals surface area contributed by atoms with Crippen LogP contribution in [0.5, 0.6) is 0 Å². The fourth-order valence-corrected chi connectivity index (χ4v) is 2.69. The van der Waals surface area contributed by atoms with Crippen LogP contribution in [0.15, 0.2) is 16.7 Å². The predicted octanol–water partition coefficient (Wildman–Crippen LogP) is 2.00. The van der Waals surface area contributed by atoms with Crippen molar-refractivity contribution in [3.63, 3.8) is 0 Å². The SMILES string of the molecule is Cc1cc(C2=CC3CCNCC3C2)on1. The zero-order chi connectivity index (χ0) is 10.3. The number of aryl methyl sites for hydroxylation is 1. The minimum absolute atomic E-state index is 0.756. The van der Waals surface area contributed by atoms with E-state index in [9.17, 15) is 0 Å². The highest BCUT2D eigenvalue weighted by molar-refractivity contribution is 5.64. The van der Waals surface area contributed by atoms with E-state index in [2.05, 4.69) is 16.5 Å². The van der Waals surface area contributed by atoms with Crippen molar-refractivity contribution in [2.24, 2.45) is 11.8 Å². The van der Waals surface area contributed by atoms with Gasteiger partial charge in [-0.05, 0) is 50.3 Å². The molecule has 15 heavy (non-hydrogen) atoms. The van der Waals surface area contributed by atoms with Gasteiger partial charge in [0.05, 0.1) is 5.69 Å². The minimum atomic E-state index is 0.756. The van der Waals surface area contributed by atoms with Gasteiger partial charge < -0.3 is 9.84 Å². The smallest absolute Gasteiger partial charge is 0.162 e. The molecular formula is C12H16N2O. The predicted molar refractivity (Wildman–Crippen MR) is 58.3 cm³/mol. The van der Waals surface area contributed by atoms with Crippen LogP contribution in [0.25, 0.3) is 5.57 Å². The fourth-order valence-electron chi connectivity index (χ4n) is 2.69. The first-order chi connectivity index (χ1) is 7.33. The summed E-state index contributed by atoms with van der Waals surface area (Å²) in [5, 5.41) is 7.40. The van der Waals surface area contributed by atoms with Crippen LogP contribution in [-0.4, -0.2) is 18.2 Å². The fraction of sp³-hybridized carbons (Fsp3) is 0.583. The lowest BCUT2D eigenvalue weighted by Crippen LogP contribution is -2.33. The lowest BCUT2D eigenvalue weighted by molar-refractivity contribution is 0.323. The number of rotatable bonds is 1. The Hall–Kier alpha value is -1.09. The molecule has 2 heterocycles. The van der Waals surface area contributed by atoms with Crippen molar-refractivity contribution in [1.29, 1.82) is 0 Å². The van der Waals surface area contributed by atoms with Crippen molar-refractivity contribution in [2.75, 3.05) is 13.1 Å². The van der Waals surface area contributed by atoms with Gasteiger partial charge in [0.1, 0.15) is 0 Å². The molecule has 0 spiro atoms. The summed E-state index contributed by atoms with van der Waals surface area (Å²) in [6.07, 6.45) is 4.80. The first-order valence-corrected chi connectivity index (χ1v) is 5.68. The summed E-state index contributed by atoms with van der Waals surface area (Å²) in [5.41, 5.74) is 2.33. The molecular weight excluding hydrogens is 188 g/mol. The average molecular weight is 204 g/mol. The zero-order valence-corrected chi connectivity index (χ0v) is 8.99. The molecule has 1 N–H and O–H groups in total. The molecule has 1 fully saturated rings.